The number of halogens is 1. The molecule has 1 rings (SSSR count). The number of rotatable bonds is 7. The Morgan fingerprint density at radius 3 is 2.88 bits per heavy atom. The van der Waals surface area contributed by atoms with Crippen molar-refractivity contribution in [3.05, 3.63) is 41.4 Å². The highest BCUT2D eigenvalue weighted by atomic mass is 79.9. The van der Waals surface area contributed by atoms with Gasteiger partial charge >= 0.3 is 0 Å². The van der Waals surface area contributed by atoms with E-state index in [-0.39, 0.29) is 0 Å². The monoisotopic (exact) mass is 299 g/mol. The highest BCUT2D eigenvalue weighted by Crippen LogP contribution is 2.27. The van der Waals surface area contributed by atoms with Gasteiger partial charge in [-0.25, -0.2) is 0 Å². The molecule has 1 nitrogen and oxygen atoms in total. The van der Waals surface area contributed by atoms with Gasteiger partial charge < -0.3 is 5.32 Å². The summed E-state index contributed by atoms with van der Waals surface area (Å²) < 4.78 is 1.18. The highest BCUT2D eigenvalue weighted by molar-refractivity contribution is 9.10. The lowest BCUT2D eigenvalue weighted by atomic mass is 10.2. The van der Waals surface area contributed by atoms with Crippen LogP contribution in [-0.2, 0) is 0 Å². The molecule has 0 radical (unpaired) electrons. The maximum atomic E-state index is 3.76. The molecule has 0 saturated carbocycles. The van der Waals surface area contributed by atoms with Crippen LogP contribution < -0.4 is 5.32 Å². The van der Waals surface area contributed by atoms with Gasteiger partial charge in [-0.1, -0.05) is 18.2 Å². The van der Waals surface area contributed by atoms with E-state index in [9.17, 15) is 0 Å². The van der Waals surface area contributed by atoms with Crippen molar-refractivity contribution in [2.24, 2.45) is 0 Å². The Bertz CT molecular complexity index is 327. The number of hydrogen-bond acceptors (Lipinski definition) is 2. The molecule has 1 atom stereocenters. The molecule has 0 heterocycles. The highest BCUT2D eigenvalue weighted by Gasteiger charge is 2.07. The minimum absolute atomic E-state index is 0.551. The van der Waals surface area contributed by atoms with Crippen molar-refractivity contribution in [1.29, 1.82) is 0 Å². The number of nitrogens with one attached hydrogen (secondary N) is 1. The summed E-state index contributed by atoms with van der Waals surface area (Å²) in [6, 6.07) is 8.90. The van der Waals surface area contributed by atoms with Crippen molar-refractivity contribution in [2.75, 3.05) is 12.8 Å². The summed E-state index contributed by atoms with van der Waals surface area (Å²) in [5.41, 5.74) is 0. The third-order valence-electron chi connectivity index (χ3n) is 2.40. The van der Waals surface area contributed by atoms with Gasteiger partial charge in [-0.2, -0.15) is 0 Å². The maximum absolute atomic E-state index is 3.76. The Hall–Kier alpha value is -0.250. The Kier molecular flexibility index (Phi) is 6.85. The van der Waals surface area contributed by atoms with Crippen LogP contribution in [0.2, 0.25) is 0 Å². The smallest absolute Gasteiger partial charge is 0.0311 e. The van der Waals surface area contributed by atoms with Crippen molar-refractivity contribution in [1.82, 2.24) is 5.32 Å². The van der Waals surface area contributed by atoms with E-state index < -0.39 is 0 Å². The third-order valence-corrected chi connectivity index (χ3v) is 4.59. The molecule has 1 aromatic rings. The number of hydrogen-bond donors (Lipinski definition) is 1. The lowest BCUT2D eigenvalue weighted by Crippen LogP contribution is -2.27. The van der Waals surface area contributed by atoms with Crippen molar-refractivity contribution >= 4 is 27.7 Å². The van der Waals surface area contributed by atoms with Gasteiger partial charge in [0.2, 0.25) is 0 Å². The SMILES string of the molecule is C=CCCC(CSc1ccccc1Br)NC. The van der Waals surface area contributed by atoms with E-state index in [4.69, 9.17) is 0 Å². The molecule has 3 heteroatoms. The molecule has 0 fully saturated rings. The molecule has 0 aromatic heterocycles. The molecule has 0 bridgehead atoms. The molecule has 0 aliphatic carbocycles. The zero-order valence-corrected chi connectivity index (χ0v) is 12.0. The number of thioether (sulfide) groups is 1. The predicted molar refractivity (Wildman–Crippen MR) is 77.1 cm³/mol. The Balaban J connectivity index is 2.43. The number of allylic oxidation sites excluding steroid dienone is 1. The second-order valence-electron chi connectivity index (χ2n) is 3.59. The van der Waals surface area contributed by atoms with Gasteiger partial charge in [0, 0.05) is 21.2 Å². The molecular weight excluding hydrogens is 282 g/mol. The van der Waals surface area contributed by atoms with Crippen LogP contribution in [0.15, 0.2) is 46.3 Å². The predicted octanol–water partition coefficient (Wildman–Crippen LogP) is 4.10. The van der Waals surface area contributed by atoms with Gasteiger partial charge in [0.05, 0.1) is 0 Å². The van der Waals surface area contributed by atoms with Crippen LogP contribution in [0.3, 0.4) is 0 Å². The molecule has 1 unspecified atom stereocenters. The topological polar surface area (TPSA) is 12.0 Å². The van der Waals surface area contributed by atoms with E-state index in [0.717, 1.165) is 18.6 Å². The van der Waals surface area contributed by atoms with E-state index in [1.807, 2.05) is 31.0 Å². The first-order chi connectivity index (χ1) is 7.77. The summed E-state index contributed by atoms with van der Waals surface area (Å²) in [6.45, 7) is 3.76. The molecule has 0 amide bonds. The lowest BCUT2D eigenvalue weighted by molar-refractivity contribution is 0.579. The number of benzene rings is 1. The van der Waals surface area contributed by atoms with Crippen molar-refractivity contribution in [3.63, 3.8) is 0 Å². The molecule has 88 valence electrons. The van der Waals surface area contributed by atoms with Crippen LogP contribution >= 0.6 is 27.7 Å². The first kappa shape index (κ1) is 13.8. The van der Waals surface area contributed by atoms with Crippen molar-refractivity contribution in [3.8, 4) is 0 Å². The van der Waals surface area contributed by atoms with Crippen LogP contribution in [0.25, 0.3) is 0 Å². The molecule has 0 aliphatic rings. The summed E-state index contributed by atoms with van der Waals surface area (Å²) in [6.07, 6.45) is 4.20. The van der Waals surface area contributed by atoms with Crippen LogP contribution in [-0.4, -0.2) is 18.8 Å². The minimum Gasteiger partial charge on any atom is -0.316 e. The fourth-order valence-electron chi connectivity index (χ4n) is 1.38. The van der Waals surface area contributed by atoms with Gasteiger partial charge in [-0.3, -0.25) is 0 Å². The van der Waals surface area contributed by atoms with E-state index in [2.05, 4.69) is 46.0 Å². The van der Waals surface area contributed by atoms with Crippen molar-refractivity contribution in [2.45, 2.75) is 23.8 Å². The fraction of sp³-hybridized carbons (Fsp3) is 0.385. The van der Waals surface area contributed by atoms with E-state index >= 15 is 0 Å². The maximum Gasteiger partial charge on any atom is 0.0311 e. The largest absolute Gasteiger partial charge is 0.316 e. The first-order valence-electron chi connectivity index (χ1n) is 5.43. The van der Waals surface area contributed by atoms with Crippen molar-refractivity contribution < 1.29 is 0 Å². The lowest BCUT2D eigenvalue weighted by Gasteiger charge is -2.15. The molecular formula is C13H18BrNS. The summed E-state index contributed by atoms with van der Waals surface area (Å²) in [5, 5.41) is 3.34. The Morgan fingerprint density at radius 2 is 2.25 bits per heavy atom. The normalized spacial score (nSPS) is 12.4. The summed E-state index contributed by atoms with van der Waals surface area (Å²) >= 11 is 5.45. The average molecular weight is 300 g/mol. The Morgan fingerprint density at radius 1 is 1.50 bits per heavy atom. The van der Waals surface area contributed by atoms with Crippen LogP contribution in [0, 0.1) is 0 Å². The molecule has 0 aliphatic heterocycles. The Labute approximate surface area is 111 Å². The second kappa shape index (κ2) is 7.93. The first-order valence-corrected chi connectivity index (χ1v) is 7.21. The van der Waals surface area contributed by atoms with E-state index in [1.165, 1.54) is 9.37 Å². The molecule has 1 N–H and O–H groups in total. The molecule has 16 heavy (non-hydrogen) atoms. The average Bonchev–Trinajstić information content (AvgIpc) is 2.31. The molecule has 1 aromatic carbocycles. The van der Waals surface area contributed by atoms with Gasteiger partial charge in [0.1, 0.15) is 0 Å². The standard InChI is InChI=1S/C13H18BrNS/c1-3-4-7-11(15-2)10-16-13-9-6-5-8-12(13)14/h3,5-6,8-9,11,15H,1,4,7,10H2,2H3. The third kappa shape index (κ3) is 4.73. The summed E-state index contributed by atoms with van der Waals surface area (Å²) in [4.78, 5) is 1.31. The fourth-order valence-corrected chi connectivity index (χ4v) is 3.11. The van der Waals surface area contributed by atoms with Crippen LogP contribution in [0.1, 0.15) is 12.8 Å². The van der Waals surface area contributed by atoms with Crippen LogP contribution in [0.4, 0.5) is 0 Å². The zero-order chi connectivity index (χ0) is 11.8. The summed E-state index contributed by atoms with van der Waals surface area (Å²) in [5.74, 6) is 1.09. The summed E-state index contributed by atoms with van der Waals surface area (Å²) in [7, 11) is 2.02. The zero-order valence-electron chi connectivity index (χ0n) is 9.58. The van der Waals surface area contributed by atoms with Gasteiger partial charge in [0.25, 0.3) is 0 Å². The minimum atomic E-state index is 0.551. The van der Waals surface area contributed by atoms with Crippen LogP contribution in [0.5, 0.6) is 0 Å². The molecule has 0 saturated heterocycles. The molecule has 0 spiro atoms. The van der Waals surface area contributed by atoms with E-state index in [0.29, 0.717) is 6.04 Å². The van der Waals surface area contributed by atoms with E-state index in [1.54, 1.807) is 0 Å². The quantitative estimate of drug-likeness (QED) is 0.601. The van der Waals surface area contributed by atoms with Gasteiger partial charge in [-0.15, -0.1) is 18.3 Å². The van der Waals surface area contributed by atoms with Gasteiger partial charge in [-0.05, 0) is 48.0 Å². The second-order valence-corrected chi connectivity index (χ2v) is 5.51. The van der Waals surface area contributed by atoms with Gasteiger partial charge in [0.15, 0.2) is 0 Å².